The summed E-state index contributed by atoms with van der Waals surface area (Å²) in [5.74, 6) is 0. The van der Waals surface area contributed by atoms with Gasteiger partial charge in [-0.15, -0.1) is 0 Å². The summed E-state index contributed by atoms with van der Waals surface area (Å²) in [6.45, 7) is 0. The molecule has 0 aliphatic heterocycles. The van der Waals surface area contributed by atoms with Crippen LogP contribution in [0.25, 0.3) is 0 Å². The van der Waals surface area contributed by atoms with Gasteiger partial charge in [0.25, 0.3) is 0 Å². The van der Waals surface area contributed by atoms with E-state index < -0.39 is 0 Å². The maximum Gasteiger partial charge on any atom is -0.00234 e. The van der Waals surface area contributed by atoms with Crippen molar-refractivity contribution in [2.75, 3.05) is 42.3 Å². The molecule has 0 spiro atoms. The maximum absolute atomic E-state index is 2.23. The van der Waals surface area contributed by atoms with E-state index in [4.69, 9.17) is 0 Å². The lowest BCUT2D eigenvalue weighted by molar-refractivity contribution is 0.520. The third-order valence-electron chi connectivity index (χ3n) is 1.07. The molecule has 0 aromatic heterocycles. The molecule has 0 aliphatic rings. The molecule has 64 valence electrons. The van der Waals surface area contributed by atoms with Crippen molar-refractivity contribution in [3.05, 3.63) is 0 Å². The van der Waals surface area contributed by atoms with Crippen molar-refractivity contribution in [1.29, 1.82) is 0 Å². The van der Waals surface area contributed by atoms with Crippen LogP contribution in [0.4, 0.5) is 0 Å². The molecule has 0 heterocycles. The largest absolute Gasteiger partial charge is 0.253 e. The highest BCUT2D eigenvalue weighted by Gasteiger charge is 2.09. The van der Waals surface area contributed by atoms with E-state index in [1.165, 1.54) is 0 Å². The molecule has 0 N–H and O–H groups in total. The molecular formula is C6H19N3S. The van der Waals surface area contributed by atoms with Crippen molar-refractivity contribution < 1.29 is 0 Å². The van der Waals surface area contributed by atoms with Gasteiger partial charge in [0.1, 0.15) is 0 Å². The first-order valence-electron chi connectivity index (χ1n) is 3.28. The Labute approximate surface area is 67.3 Å². The van der Waals surface area contributed by atoms with Gasteiger partial charge in [-0.1, -0.05) is 11.5 Å². The molecule has 10 heavy (non-hydrogen) atoms. The van der Waals surface area contributed by atoms with Crippen molar-refractivity contribution in [1.82, 2.24) is 12.9 Å². The molecule has 0 aromatic rings. The van der Waals surface area contributed by atoms with Crippen LogP contribution in [0.15, 0.2) is 0 Å². The SMILES string of the molecule is CN(C)[SH](N(C)C)N(C)C. The van der Waals surface area contributed by atoms with Crippen molar-refractivity contribution >= 4 is 11.5 Å². The van der Waals surface area contributed by atoms with Crippen molar-refractivity contribution in [2.45, 2.75) is 0 Å². The Bertz CT molecular complexity index is 74.0. The van der Waals surface area contributed by atoms with Gasteiger partial charge in [0.2, 0.25) is 0 Å². The second-order valence-electron chi connectivity index (χ2n) is 2.81. The summed E-state index contributed by atoms with van der Waals surface area (Å²) in [6, 6.07) is 0. The maximum atomic E-state index is 2.23. The fraction of sp³-hybridized carbons (Fsp3) is 1.00. The van der Waals surface area contributed by atoms with Crippen LogP contribution in [-0.4, -0.2) is 55.2 Å². The first-order chi connectivity index (χ1) is 4.46. The Balaban J connectivity index is 3.98. The molecule has 0 saturated heterocycles. The van der Waals surface area contributed by atoms with E-state index in [0.717, 1.165) is 0 Å². The molecule has 0 bridgehead atoms. The van der Waals surface area contributed by atoms with Gasteiger partial charge in [-0.25, -0.2) is 0 Å². The van der Waals surface area contributed by atoms with Crippen LogP contribution < -0.4 is 0 Å². The quantitative estimate of drug-likeness (QED) is 0.608. The van der Waals surface area contributed by atoms with E-state index >= 15 is 0 Å². The second-order valence-corrected chi connectivity index (χ2v) is 5.75. The standard InChI is InChI=1S/C6H19N3S/c1-7(2)10(8(3)4)9(5)6/h10H,1-6H3. The Morgan fingerprint density at radius 1 is 0.600 bits per heavy atom. The molecule has 3 nitrogen and oxygen atoms in total. The average Bonchev–Trinajstić information content (AvgIpc) is 1.59. The number of thiol groups is 1. The van der Waals surface area contributed by atoms with E-state index in [2.05, 4.69) is 55.2 Å². The minimum absolute atomic E-state index is 0.238. The second kappa shape index (κ2) is 4.18. The zero-order valence-corrected chi connectivity index (χ0v) is 8.68. The first-order valence-corrected chi connectivity index (χ1v) is 4.48. The van der Waals surface area contributed by atoms with E-state index in [9.17, 15) is 0 Å². The van der Waals surface area contributed by atoms with Crippen LogP contribution in [0.5, 0.6) is 0 Å². The molecule has 0 aromatic carbocycles. The molecule has 0 radical (unpaired) electrons. The summed E-state index contributed by atoms with van der Waals surface area (Å²) in [4.78, 5) is 0. The Hall–Kier alpha value is 0.230. The topological polar surface area (TPSA) is 9.72 Å². The number of nitrogens with zero attached hydrogens (tertiary/aromatic N) is 3. The Morgan fingerprint density at radius 2 is 0.800 bits per heavy atom. The molecule has 0 rings (SSSR count). The summed E-state index contributed by atoms with van der Waals surface area (Å²) in [5, 5.41) is 0. The van der Waals surface area contributed by atoms with E-state index in [1.807, 2.05) is 0 Å². The molecule has 0 fully saturated rings. The zero-order chi connectivity index (χ0) is 8.31. The Kier molecular flexibility index (Phi) is 4.28. The molecule has 0 unspecified atom stereocenters. The molecule has 0 aliphatic carbocycles. The van der Waals surface area contributed by atoms with Crippen molar-refractivity contribution in [3.8, 4) is 0 Å². The minimum atomic E-state index is -0.238. The zero-order valence-electron chi connectivity index (χ0n) is 7.79. The van der Waals surface area contributed by atoms with Crippen LogP contribution in [0.1, 0.15) is 0 Å². The lowest BCUT2D eigenvalue weighted by atomic mass is 11.2. The lowest BCUT2D eigenvalue weighted by Gasteiger charge is -2.39. The van der Waals surface area contributed by atoms with E-state index in [0.29, 0.717) is 0 Å². The summed E-state index contributed by atoms with van der Waals surface area (Å²) < 4.78 is 6.69. The highest BCUT2D eigenvalue weighted by molar-refractivity contribution is 8.10. The van der Waals surface area contributed by atoms with Crippen LogP contribution in [0.2, 0.25) is 0 Å². The van der Waals surface area contributed by atoms with Gasteiger partial charge in [0.15, 0.2) is 0 Å². The first kappa shape index (κ1) is 10.2. The van der Waals surface area contributed by atoms with E-state index in [1.54, 1.807) is 0 Å². The summed E-state index contributed by atoms with van der Waals surface area (Å²) >= 11 is -0.238. The molecular weight excluding hydrogens is 146 g/mol. The van der Waals surface area contributed by atoms with Crippen molar-refractivity contribution in [3.63, 3.8) is 0 Å². The monoisotopic (exact) mass is 165 g/mol. The predicted molar refractivity (Wildman–Crippen MR) is 50.0 cm³/mol. The third kappa shape index (κ3) is 2.88. The van der Waals surface area contributed by atoms with Crippen LogP contribution in [0, 0.1) is 0 Å². The highest BCUT2D eigenvalue weighted by atomic mass is 32.2. The number of hydrogen-bond acceptors (Lipinski definition) is 3. The fourth-order valence-electron chi connectivity index (χ4n) is 1.07. The van der Waals surface area contributed by atoms with Crippen LogP contribution >= 0.6 is 11.5 Å². The van der Waals surface area contributed by atoms with Gasteiger partial charge < -0.3 is 0 Å². The fourth-order valence-corrected chi connectivity index (χ4v) is 3.22. The average molecular weight is 165 g/mol. The predicted octanol–water partition coefficient (Wildman–Crippen LogP) is 0.417. The summed E-state index contributed by atoms with van der Waals surface area (Å²) in [5.41, 5.74) is 0. The smallest absolute Gasteiger partial charge is 0.00234 e. The Morgan fingerprint density at radius 3 is 0.800 bits per heavy atom. The van der Waals surface area contributed by atoms with Gasteiger partial charge in [0, 0.05) is 0 Å². The molecule has 4 heteroatoms. The van der Waals surface area contributed by atoms with Crippen LogP contribution in [0.3, 0.4) is 0 Å². The molecule has 0 atom stereocenters. The van der Waals surface area contributed by atoms with Crippen LogP contribution in [-0.2, 0) is 0 Å². The number of hydrogen-bond donors (Lipinski definition) is 1. The summed E-state index contributed by atoms with van der Waals surface area (Å²) in [6.07, 6.45) is 0. The lowest BCUT2D eigenvalue weighted by Crippen LogP contribution is -2.29. The van der Waals surface area contributed by atoms with Crippen molar-refractivity contribution in [2.24, 2.45) is 0 Å². The van der Waals surface area contributed by atoms with Gasteiger partial charge in [-0.3, -0.25) is 12.9 Å². The van der Waals surface area contributed by atoms with Gasteiger partial charge in [-0.2, -0.15) is 0 Å². The van der Waals surface area contributed by atoms with Gasteiger partial charge >= 0.3 is 0 Å². The van der Waals surface area contributed by atoms with Gasteiger partial charge in [0.05, 0.1) is 0 Å². The molecule has 0 saturated carbocycles. The van der Waals surface area contributed by atoms with Gasteiger partial charge in [-0.05, 0) is 42.3 Å². The van der Waals surface area contributed by atoms with E-state index in [-0.39, 0.29) is 11.5 Å². The minimum Gasteiger partial charge on any atom is -0.253 e. The highest BCUT2D eigenvalue weighted by Crippen LogP contribution is 2.30. The third-order valence-corrected chi connectivity index (χ3v) is 3.22. The normalized spacial score (nSPS) is 13.5. The number of rotatable bonds is 3. The molecule has 0 amide bonds. The summed E-state index contributed by atoms with van der Waals surface area (Å²) in [7, 11) is 12.6.